The molecular weight excluding hydrogens is 300 g/mol. The molecule has 2 aromatic rings. The Labute approximate surface area is 144 Å². The monoisotopic (exact) mass is 324 g/mol. The third-order valence-electron chi connectivity index (χ3n) is 4.06. The van der Waals surface area contributed by atoms with E-state index in [0.29, 0.717) is 11.5 Å². The van der Waals surface area contributed by atoms with Gasteiger partial charge in [0.15, 0.2) is 11.5 Å². The normalized spacial score (nSPS) is 11.8. The van der Waals surface area contributed by atoms with Crippen molar-refractivity contribution in [1.29, 1.82) is 5.26 Å². The molecule has 1 atom stereocenters. The summed E-state index contributed by atoms with van der Waals surface area (Å²) in [6.07, 6.45) is 0.773. The van der Waals surface area contributed by atoms with E-state index in [1.54, 1.807) is 14.2 Å². The second-order valence-electron chi connectivity index (χ2n) is 5.81. The Bertz CT molecular complexity index is 680. The molecule has 4 nitrogen and oxygen atoms in total. The third-order valence-corrected chi connectivity index (χ3v) is 4.06. The van der Waals surface area contributed by atoms with Crippen molar-refractivity contribution < 1.29 is 9.47 Å². The molecule has 0 aliphatic rings. The molecule has 0 bridgehead atoms. The molecule has 0 amide bonds. The highest BCUT2D eigenvalue weighted by molar-refractivity contribution is 5.45. The first kappa shape index (κ1) is 17.8. The molecule has 126 valence electrons. The lowest BCUT2D eigenvalue weighted by Gasteiger charge is -2.19. The van der Waals surface area contributed by atoms with Gasteiger partial charge in [-0.15, -0.1) is 0 Å². The highest BCUT2D eigenvalue weighted by Gasteiger charge is 2.15. The van der Waals surface area contributed by atoms with Gasteiger partial charge in [0.2, 0.25) is 0 Å². The van der Waals surface area contributed by atoms with E-state index in [1.165, 1.54) is 5.56 Å². The lowest BCUT2D eigenvalue weighted by molar-refractivity contribution is 0.317. The van der Waals surface area contributed by atoms with E-state index in [9.17, 15) is 5.26 Å². The van der Waals surface area contributed by atoms with Crippen LogP contribution in [-0.4, -0.2) is 32.7 Å². The van der Waals surface area contributed by atoms with Gasteiger partial charge in [0, 0.05) is 6.54 Å². The van der Waals surface area contributed by atoms with Crippen LogP contribution < -0.4 is 9.47 Å². The van der Waals surface area contributed by atoms with E-state index in [2.05, 4.69) is 30.1 Å². The number of methoxy groups -OCH3 is 2. The van der Waals surface area contributed by atoms with E-state index in [-0.39, 0.29) is 5.92 Å². The van der Waals surface area contributed by atoms with Crippen molar-refractivity contribution in [1.82, 2.24) is 4.90 Å². The first-order chi connectivity index (χ1) is 11.7. The van der Waals surface area contributed by atoms with Crippen LogP contribution in [0.25, 0.3) is 0 Å². The molecule has 24 heavy (non-hydrogen) atoms. The van der Waals surface area contributed by atoms with E-state index in [4.69, 9.17) is 9.47 Å². The molecule has 0 spiro atoms. The SMILES string of the molecule is COc1ccc(C(C#N)CCN(C)Cc2ccccc2)cc1OC. The quantitative estimate of drug-likeness (QED) is 0.740. The van der Waals surface area contributed by atoms with Gasteiger partial charge in [-0.3, -0.25) is 0 Å². The Hall–Kier alpha value is -2.51. The molecule has 0 aliphatic carbocycles. The van der Waals surface area contributed by atoms with E-state index in [0.717, 1.165) is 25.1 Å². The first-order valence-corrected chi connectivity index (χ1v) is 8.02. The molecule has 0 radical (unpaired) electrons. The maximum Gasteiger partial charge on any atom is 0.161 e. The Morgan fingerprint density at radius 1 is 1.04 bits per heavy atom. The molecule has 0 aromatic heterocycles. The van der Waals surface area contributed by atoms with Gasteiger partial charge in [-0.05, 0) is 43.3 Å². The van der Waals surface area contributed by atoms with Crippen LogP contribution in [0.4, 0.5) is 0 Å². The third kappa shape index (κ3) is 4.74. The fraction of sp³-hybridized carbons (Fsp3) is 0.350. The van der Waals surface area contributed by atoms with Crippen molar-refractivity contribution in [3.05, 3.63) is 59.7 Å². The van der Waals surface area contributed by atoms with E-state index >= 15 is 0 Å². The van der Waals surface area contributed by atoms with Crippen LogP contribution in [0.3, 0.4) is 0 Å². The lowest BCUT2D eigenvalue weighted by Crippen LogP contribution is -2.20. The molecule has 1 unspecified atom stereocenters. The fourth-order valence-corrected chi connectivity index (χ4v) is 2.70. The average Bonchev–Trinajstić information content (AvgIpc) is 2.62. The van der Waals surface area contributed by atoms with Crippen LogP contribution in [0.1, 0.15) is 23.5 Å². The van der Waals surface area contributed by atoms with Crippen molar-refractivity contribution in [2.75, 3.05) is 27.8 Å². The minimum absolute atomic E-state index is 0.164. The van der Waals surface area contributed by atoms with Gasteiger partial charge in [-0.1, -0.05) is 36.4 Å². The summed E-state index contributed by atoms with van der Waals surface area (Å²) in [7, 11) is 5.30. The summed E-state index contributed by atoms with van der Waals surface area (Å²) in [5.41, 5.74) is 2.24. The van der Waals surface area contributed by atoms with Crippen molar-refractivity contribution in [3.63, 3.8) is 0 Å². The van der Waals surface area contributed by atoms with Gasteiger partial charge >= 0.3 is 0 Å². The number of nitrogens with zero attached hydrogens (tertiary/aromatic N) is 2. The fourth-order valence-electron chi connectivity index (χ4n) is 2.70. The van der Waals surface area contributed by atoms with E-state index < -0.39 is 0 Å². The summed E-state index contributed by atoms with van der Waals surface area (Å²) in [5.74, 6) is 1.18. The molecule has 2 rings (SSSR count). The van der Waals surface area contributed by atoms with Gasteiger partial charge in [-0.2, -0.15) is 5.26 Å². The van der Waals surface area contributed by atoms with Crippen molar-refractivity contribution in [2.24, 2.45) is 0 Å². The van der Waals surface area contributed by atoms with E-state index in [1.807, 2.05) is 36.4 Å². The van der Waals surface area contributed by atoms with Crippen molar-refractivity contribution in [2.45, 2.75) is 18.9 Å². The molecule has 4 heteroatoms. The molecule has 0 saturated carbocycles. The molecule has 2 aromatic carbocycles. The molecule has 0 N–H and O–H groups in total. The Kier molecular flexibility index (Phi) is 6.65. The van der Waals surface area contributed by atoms with Crippen molar-refractivity contribution in [3.8, 4) is 17.6 Å². The van der Waals surface area contributed by atoms with Gasteiger partial charge in [-0.25, -0.2) is 0 Å². The zero-order valence-electron chi connectivity index (χ0n) is 14.5. The second-order valence-corrected chi connectivity index (χ2v) is 5.81. The Morgan fingerprint density at radius 2 is 1.75 bits per heavy atom. The standard InChI is InChI=1S/C20H24N2O2/c1-22(15-16-7-5-4-6-8-16)12-11-18(14-21)17-9-10-19(23-2)20(13-17)24-3/h4-10,13,18H,11-12,15H2,1-3H3. The predicted octanol–water partition coefficient (Wildman–Crippen LogP) is 3.83. The average molecular weight is 324 g/mol. The summed E-state index contributed by atoms with van der Waals surface area (Å²) in [6, 6.07) is 18.4. The maximum atomic E-state index is 9.53. The second kappa shape index (κ2) is 8.95. The molecule has 0 aliphatic heterocycles. The van der Waals surface area contributed by atoms with Crippen LogP contribution in [0, 0.1) is 11.3 Å². The highest BCUT2D eigenvalue weighted by atomic mass is 16.5. The van der Waals surface area contributed by atoms with Gasteiger partial charge in [0.1, 0.15) is 0 Å². The predicted molar refractivity (Wildman–Crippen MR) is 95.3 cm³/mol. The number of hydrogen-bond acceptors (Lipinski definition) is 4. The van der Waals surface area contributed by atoms with Crippen LogP contribution in [0.5, 0.6) is 11.5 Å². The summed E-state index contributed by atoms with van der Waals surface area (Å²) < 4.78 is 10.6. The zero-order valence-corrected chi connectivity index (χ0v) is 14.5. The van der Waals surface area contributed by atoms with Crippen LogP contribution in [-0.2, 0) is 6.54 Å². The summed E-state index contributed by atoms with van der Waals surface area (Å²) in [6.45, 7) is 1.73. The Morgan fingerprint density at radius 3 is 2.38 bits per heavy atom. The van der Waals surface area contributed by atoms with Crippen LogP contribution in [0.2, 0.25) is 0 Å². The van der Waals surface area contributed by atoms with Crippen LogP contribution in [0.15, 0.2) is 48.5 Å². The highest BCUT2D eigenvalue weighted by Crippen LogP contribution is 2.31. The van der Waals surface area contributed by atoms with Crippen LogP contribution >= 0.6 is 0 Å². The maximum absolute atomic E-state index is 9.53. The molecular formula is C20H24N2O2. The molecule has 0 fully saturated rings. The summed E-state index contributed by atoms with van der Waals surface area (Å²) in [4.78, 5) is 2.24. The Balaban J connectivity index is 1.98. The number of ether oxygens (including phenoxy) is 2. The smallest absolute Gasteiger partial charge is 0.161 e. The van der Waals surface area contributed by atoms with Gasteiger partial charge in [0.25, 0.3) is 0 Å². The zero-order chi connectivity index (χ0) is 17.4. The van der Waals surface area contributed by atoms with Gasteiger partial charge in [0.05, 0.1) is 26.2 Å². The van der Waals surface area contributed by atoms with Crippen molar-refractivity contribution >= 4 is 0 Å². The summed E-state index contributed by atoms with van der Waals surface area (Å²) >= 11 is 0. The first-order valence-electron chi connectivity index (χ1n) is 8.02. The number of benzene rings is 2. The number of hydrogen-bond donors (Lipinski definition) is 0. The minimum Gasteiger partial charge on any atom is -0.493 e. The topological polar surface area (TPSA) is 45.5 Å². The molecule has 0 saturated heterocycles. The number of rotatable bonds is 8. The summed E-state index contributed by atoms with van der Waals surface area (Å²) in [5, 5.41) is 9.53. The minimum atomic E-state index is -0.164. The largest absolute Gasteiger partial charge is 0.493 e. The van der Waals surface area contributed by atoms with Gasteiger partial charge < -0.3 is 14.4 Å². The lowest BCUT2D eigenvalue weighted by atomic mass is 9.96. The molecule has 0 heterocycles. The number of nitriles is 1.